The van der Waals surface area contributed by atoms with Crippen LogP contribution < -0.4 is 9.47 Å². The molecular weight excluding hydrogens is 295 g/mol. The molecule has 1 aromatic rings. The van der Waals surface area contributed by atoms with Crippen molar-refractivity contribution in [2.75, 3.05) is 19.9 Å². The minimum Gasteiger partial charge on any atom is -0.490 e. The van der Waals surface area contributed by atoms with Gasteiger partial charge in [0.05, 0.1) is 16.6 Å². The topological polar surface area (TPSA) is 55.8 Å². The number of rotatable bonds is 6. The summed E-state index contributed by atoms with van der Waals surface area (Å²) >= 11 is 3.18. The predicted octanol–water partition coefficient (Wildman–Crippen LogP) is 2.89. The van der Waals surface area contributed by atoms with Gasteiger partial charge in [0.1, 0.15) is 13.3 Å². The van der Waals surface area contributed by atoms with E-state index in [0.717, 1.165) is 0 Å². The molecule has 0 amide bonds. The fourth-order valence-electron chi connectivity index (χ4n) is 1.24. The Kier molecular flexibility index (Phi) is 5.21. The van der Waals surface area contributed by atoms with Crippen LogP contribution in [0.1, 0.15) is 17.3 Å². The fourth-order valence-corrected chi connectivity index (χ4v) is 1.79. The van der Waals surface area contributed by atoms with Gasteiger partial charge in [0, 0.05) is 0 Å². The number of hydrogen-bond acceptors (Lipinski definition) is 3. The zero-order valence-electron chi connectivity index (χ0n) is 9.20. The van der Waals surface area contributed by atoms with Crippen molar-refractivity contribution in [2.45, 2.75) is 6.92 Å². The van der Waals surface area contributed by atoms with Crippen LogP contribution in [0, 0.1) is 0 Å². The molecule has 0 spiro atoms. The lowest BCUT2D eigenvalue weighted by molar-refractivity contribution is 0.0696. The Bertz CT molecular complexity index is 409. The molecular formula is C11H12BrFO4. The molecule has 94 valence electrons. The maximum Gasteiger partial charge on any atom is 0.335 e. The van der Waals surface area contributed by atoms with E-state index in [-0.39, 0.29) is 17.9 Å². The number of carboxylic acids is 1. The standard InChI is InChI=1S/C11H12BrFO4/c1-2-16-9-6-7(11(14)15)5-8(12)10(9)17-4-3-13/h5-6H,2-4H2,1H3,(H,14,15). The second kappa shape index (κ2) is 6.44. The van der Waals surface area contributed by atoms with Crippen LogP contribution >= 0.6 is 15.9 Å². The van der Waals surface area contributed by atoms with Gasteiger partial charge < -0.3 is 14.6 Å². The minimum atomic E-state index is -1.07. The zero-order valence-corrected chi connectivity index (χ0v) is 10.8. The zero-order chi connectivity index (χ0) is 12.8. The van der Waals surface area contributed by atoms with Crippen molar-refractivity contribution in [1.29, 1.82) is 0 Å². The van der Waals surface area contributed by atoms with E-state index in [1.807, 2.05) is 0 Å². The van der Waals surface area contributed by atoms with Gasteiger partial charge in [0.2, 0.25) is 0 Å². The molecule has 0 atom stereocenters. The molecule has 0 aliphatic carbocycles. The highest BCUT2D eigenvalue weighted by Crippen LogP contribution is 2.36. The second-order valence-electron chi connectivity index (χ2n) is 3.06. The largest absolute Gasteiger partial charge is 0.490 e. The number of carbonyl (C=O) groups is 1. The molecule has 0 aromatic heterocycles. The van der Waals surface area contributed by atoms with E-state index >= 15 is 0 Å². The first kappa shape index (κ1) is 13.8. The molecule has 0 aliphatic heterocycles. The van der Waals surface area contributed by atoms with Crippen LogP contribution in [0.3, 0.4) is 0 Å². The Balaban J connectivity index is 3.12. The van der Waals surface area contributed by atoms with Crippen molar-refractivity contribution in [3.05, 3.63) is 22.2 Å². The molecule has 6 heteroatoms. The van der Waals surface area contributed by atoms with Gasteiger partial charge in [-0.2, -0.15) is 0 Å². The first-order valence-electron chi connectivity index (χ1n) is 4.98. The van der Waals surface area contributed by atoms with E-state index in [4.69, 9.17) is 14.6 Å². The van der Waals surface area contributed by atoms with Crippen molar-refractivity contribution >= 4 is 21.9 Å². The Morgan fingerprint density at radius 2 is 2.18 bits per heavy atom. The third kappa shape index (κ3) is 3.59. The molecule has 4 nitrogen and oxygen atoms in total. The average molecular weight is 307 g/mol. The summed E-state index contributed by atoms with van der Waals surface area (Å²) in [4.78, 5) is 10.9. The molecule has 0 bridgehead atoms. The second-order valence-corrected chi connectivity index (χ2v) is 3.92. The summed E-state index contributed by atoms with van der Waals surface area (Å²) in [7, 11) is 0. The van der Waals surface area contributed by atoms with Crippen LogP contribution in [-0.4, -0.2) is 31.0 Å². The molecule has 0 saturated carbocycles. The van der Waals surface area contributed by atoms with Gasteiger partial charge in [-0.3, -0.25) is 0 Å². The van der Waals surface area contributed by atoms with E-state index in [1.165, 1.54) is 12.1 Å². The number of ether oxygens (including phenoxy) is 2. The molecule has 0 radical (unpaired) electrons. The first-order chi connectivity index (χ1) is 8.10. The summed E-state index contributed by atoms with van der Waals surface area (Å²) in [6, 6.07) is 2.74. The average Bonchev–Trinajstić information content (AvgIpc) is 2.28. The third-order valence-corrected chi connectivity index (χ3v) is 2.47. The molecule has 0 unspecified atom stereocenters. The van der Waals surface area contributed by atoms with E-state index in [0.29, 0.717) is 16.8 Å². The predicted molar refractivity (Wildman–Crippen MR) is 63.7 cm³/mol. The summed E-state index contributed by atoms with van der Waals surface area (Å²) < 4.78 is 22.9. The summed E-state index contributed by atoms with van der Waals surface area (Å²) in [5.41, 5.74) is 0.0768. The van der Waals surface area contributed by atoms with Crippen molar-refractivity contribution in [2.24, 2.45) is 0 Å². The van der Waals surface area contributed by atoms with Crippen LogP contribution in [0.4, 0.5) is 4.39 Å². The summed E-state index contributed by atoms with van der Waals surface area (Å²) in [6.07, 6.45) is 0. The van der Waals surface area contributed by atoms with Crippen LogP contribution in [0.25, 0.3) is 0 Å². The Morgan fingerprint density at radius 3 is 2.71 bits per heavy atom. The van der Waals surface area contributed by atoms with Crippen molar-refractivity contribution in [3.63, 3.8) is 0 Å². The lowest BCUT2D eigenvalue weighted by Gasteiger charge is -2.13. The quantitative estimate of drug-likeness (QED) is 0.878. The maximum atomic E-state index is 12.1. The number of hydrogen-bond donors (Lipinski definition) is 1. The normalized spacial score (nSPS) is 10.1. The summed E-state index contributed by atoms with van der Waals surface area (Å²) in [5.74, 6) is -0.467. The van der Waals surface area contributed by atoms with Gasteiger partial charge in [0.25, 0.3) is 0 Å². The monoisotopic (exact) mass is 306 g/mol. The molecule has 1 rings (SSSR count). The Labute approximate surface area is 106 Å². The van der Waals surface area contributed by atoms with Crippen LogP contribution in [0.15, 0.2) is 16.6 Å². The lowest BCUT2D eigenvalue weighted by Crippen LogP contribution is -2.05. The van der Waals surface area contributed by atoms with E-state index in [9.17, 15) is 9.18 Å². The Hall–Kier alpha value is -1.30. The highest BCUT2D eigenvalue weighted by Gasteiger charge is 2.15. The number of halogens is 2. The molecule has 0 fully saturated rings. The van der Waals surface area contributed by atoms with Gasteiger partial charge in [-0.1, -0.05) is 0 Å². The molecule has 0 heterocycles. The highest BCUT2D eigenvalue weighted by molar-refractivity contribution is 9.10. The van der Waals surface area contributed by atoms with Crippen molar-refractivity contribution in [1.82, 2.24) is 0 Å². The van der Waals surface area contributed by atoms with Crippen LogP contribution in [-0.2, 0) is 0 Å². The lowest BCUT2D eigenvalue weighted by atomic mass is 10.2. The van der Waals surface area contributed by atoms with Gasteiger partial charge in [0.15, 0.2) is 11.5 Å². The van der Waals surface area contributed by atoms with Gasteiger partial charge in [-0.15, -0.1) is 0 Å². The fraction of sp³-hybridized carbons (Fsp3) is 0.364. The minimum absolute atomic E-state index is 0.0768. The number of alkyl halides is 1. The number of carboxylic acid groups (broad SMARTS) is 1. The van der Waals surface area contributed by atoms with E-state index < -0.39 is 12.6 Å². The van der Waals surface area contributed by atoms with E-state index in [2.05, 4.69) is 15.9 Å². The van der Waals surface area contributed by atoms with Gasteiger partial charge >= 0.3 is 5.97 Å². The van der Waals surface area contributed by atoms with Crippen molar-refractivity contribution in [3.8, 4) is 11.5 Å². The maximum absolute atomic E-state index is 12.1. The third-order valence-electron chi connectivity index (χ3n) is 1.88. The highest BCUT2D eigenvalue weighted by atomic mass is 79.9. The van der Waals surface area contributed by atoms with E-state index in [1.54, 1.807) is 6.92 Å². The first-order valence-corrected chi connectivity index (χ1v) is 5.77. The Morgan fingerprint density at radius 1 is 1.47 bits per heavy atom. The summed E-state index contributed by atoms with van der Waals surface area (Å²) in [6.45, 7) is 1.39. The SMILES string of the molecule is CCOc1cc(C(=O)O)cc(Br)c1OCCF. The van der Waals surface area contributed by atoms with Crippen LogP contribution in [0.2, 0.25) is 0 Å². The molecule has 0 aliphatic rings. The molecule has 0 saturated heterocycles. The number of benzene rings is 1. The smallest absolute Gasteiger partial charge is 0.335 e. The summed E-state index contributed by atoms with van der Waals surface area (Å²) in [5, 5.41) is 8.89. The van der Waals surface area contributed by atoms with Crippen LogP contribution in [0.5, 0.6) is 11.5 Å². The number of aromatic carboxylic acids is 1. The van der Waals surface area contributed by atoms with Gasteiger partial charge in [-0.05, 0) is 35.0 Å². The molecule has 1 aromatic carbocycles. The molecule has 17 heavy (non-hydrogen) atoms. The molecule has 1 N–H and O–H groups in total. The van der Waals surface area contributed by atoms with Gasteiger partial charge in [-0.25, -0.2) is 9.18 Å². The van der Waals surface area contributed by atoms with Crippen molar-refractivity contribution < 1.29 is 23.8 Å².